The van der Waals surface area contributed by atoms with Crippen molar-refractivity contribution in [3.05, 3.63) is 35.4 Å². The highest BCUT2D eigenvalue weighted by Crippen LogP contribution is 2.08. The van der Waals surface area contributed by atoms with Crippen molar-refractivity contribution in [2.45, 2.75) is 31.8 Å². The number of aliphatic hydroxyl groups excluding tert-OH is 1. The van der Waals surface area contributed by atoms with Crippen LogP contribution < -0.4 is 10.6 Å². The summed E-state index contributed by atoms with van der Waals surface area (Å²) in [7, 11) is 0. The van der Waals surface area contributed by atoms with E-state index >= 15 is 0 Å². The van der Waals surface area contributed by atoms with Crippen LogP contribution in [0.2, 0.25) is 0 Å². The van der Waals surface area contributed by atoms with Crippen molar-refractivity contribution < 1.29 is 23.5 Å². The predicted octanol–water partition coefficient (Wildman–Crippen LogP) is 1.24. The van der Waals surface area contributed by atoms with E-state index in [0.29, 0.717) is 6.42 Å². The van der Waals surface area contributed by atoms with Crippen molar-refractivity contribution in [3.8, 4) is 0 Å². The Morgan fingerprint density at radius 2 is 1.83 bits per heavy atom. The SMILES string of the molecule is CSCC[C@@H](CO)NC(=O)[C@H](C)NC(=O)Cc1cc(F)cc(F)c1. The fourth-order valence-corrected chi connectivity index (χ4v) is 2.57. The van der Waals surface area contributed by atoms with E-state index in [2.05, 4.69) is 10.6 Å². The van der Waals surface area contributed by atoms with Crippen molar-refractivity contribution in [3.63, 3.8) is 0 Å². The van der Waals surface area contributed by atoms with Gasteiger partial charge in [-0.25, -0.2) is 8.78 Å². The van der Waals surface area contributed by atoms with Gasteiger partial charge < -0.3 is 15.7 Å². The molecule has 0 bridgehead atoms. The van der Waals surface area contributed by atoms with Gasteiger partial charge in [0, 0.05) is 6.07 Å². The monoisotopic (exact) mass is 360 g/mol. The minimum Gasteiger partial charge on any atom is -0.394 e. The second kappa shape index (κ2) is 10.2. The standard InChI is InChI=1S/C16H22F2N2O3S/c1-10(16(23)20-14(9-21)3-4-24-2)19-15(22)7-11-5-12(17)8-13(18)6-11/h5-6,8,10,14,21H,3-4,7,9H2,1-2H3,(H,19,22)(H,20,23)/t10-,14-/m0/s1. The number of nitrogens with one attached hydrogen (secondary N) is 2. The molecule has 24 heavy (non-hydrogen) atoms. The average molecular weight is 360 g/mol. The van der Waals surface area contributed by atoms with Crippen molar-refractivity contribution in [1.29, 1.82) is 0 Å². The van der Waals surface area contributed by atoms with Crippen molar-refractivity contribution in [2.24, 2.45) is 0 Å². The van der Waals surface area contributed by atoms with Gasteiger partial charge in [0.15, 0.2) is 0 Å². The molecule has 1 rings (SSSR count). The molecule has 134 valence electrons. The molecule has 0 saturated heterocycles. The Morgan fingerprint density at radius 3 is 2.38 bits per heavy atom. The number of hydrogen-bond donors (Lipinski definition) is 3. The van der Waals surface area contributed by atoms with Crippen LogP contribution >= 0.6 is 11.8 Å². The first-order valence-corrected chi connectivity index (χ1v) is 8.89. The van der Waals surface area contributed by atoms with Crippen molar-refractivity contribution >= 4 is 23.6 Å². The fraction of sp³-hybridized carbons (Fsp3) is 0.500. The molecule has 3 N–H and O–H groups in total. The summed E-state index contributed by atoms with van der Waals surface area (Å²) in [4.78, 5) is 23.9. The summed E-state index contributed by atoms with van der Waals surface area (Å²) in [5.41, 5.74) is 0.186. The number of hydrogen-bond acceptors (Lipinski definition) is 4. The molecule has 2 atom stereocenters. The van der Waals surface area contributed by atoms with Crippen LogP contribution in [0, 0.1) is 11.6 Å². The maximum Gasteiger partial charge on any atom is 0.242 e. The van der Waals surface area contributed by atoms with E-state index in [-0.39, 0.29) is 24.6 Å². The summed E-state index contributed by atoms with van der Waals surface area (Å²) in [6.07, 6.45) is 2.31. The van der Waals surface area contributed by atoms with Crippen LogP contribution in [0.5, 0.6) is 0 Å². The Balaban J connectivity index is 2.51. The number of benzene rings is 1. The van der Waals surface area contributed by atoms with Gasteiger partial charge in [0.25, 0.3) is 0 Å². The molecule has 0 radical (unpaired) electrons. The summed E-state index contributed by atoms with van der Waals surface area (Å²) in [5.74, 6) is -1.68. The number of carbonyl (C=O) groups is 2. The van der Waals surface area contributed by atoms with Gasteiger partial charge in [0.1, 0.15) is 17.7 Å². The molecule has 0 unspecified atom stereocenters. The second-order valence-electron chi connectivity index (χ2n) is 5.41. The van der Waals surface area contributed by atoms with Crippen LogP contribution in [-0.4, -0.2) is 47.6 Å². The minimum absolute atomic E-state index is 0.185. The zero-order chi connectivity index (χ0) is 18.1. The van der Waals surface area contributed by atoms with Crippen LogP contribution in [0.1, 0.15) is 18.9 Å². The largest absolute Gasteiger partial charge is 0.394 e. The maximum absolute atomic E-state index is 13.1. The Bertz CT molecular complexity index is 552. The van der Waals surface area contributed by atoms with E-state index in [0.717, 1.165) is 24.0 Å². The average Bonchev–Trinajstić information content (AvgIpc) is 2.49. The molecular formula is C16H22F2N2O3S. The highest BCUT2D eigenvalue weighted by Gasteiger charge is 2.19. The zero-order valence-corrected chi connectivity index (χ0v) is 14.5. The van der Waals surface area contributed by atoms with Gasteiger partial charge in [-0.1, -0.05) is 0 Å². The lowest BCUT2D eigenvalue weighted by atomic mass is 10.1. The van der Waals surface area contributed by atoms with Crippen LogP contribution in [0.4, 0.5) is 8.78 Å². The first kappa shape index (κ1) is 20.4. The van der Waals surface area contributed by atoms with Gasteiger partial charge in [-0.15, -0.1) is 0 Å². The lowest BCUT2D eigenvalue weighted by Crippen LogP contribution is -2.49. The van der Waals surface area contributed by atoms with E-state index in [1.807, 2.05) is 6.26 Å². The van der Waals surface area contributed by atoms with Gasteiger partial charge in [-0.3, -0.25) is 9.59 Å². The topological polar surface area (TPSA) is 78.4 Å². The number of rotatable bonds is 9. The normalized spacial score (nSPS) is 13.2. The first-order chi connectivity index (χ1) is 11.3. The minimum atomic E-state index is -0.820. The maximum atomic E-state index is 13.1. The van der Waals surface area contributed by atoms with Crippen LogP contribution in [0.15, 0.2) is 18.2 Å². The predicted molar refractivity (Wildman–Crippen MR) is 89.7 cm³/mol. The third kappa shape index (κ3) is 7.27. The number of aliphatic hydroxyl groups is 1. The molecule has 8 heteroatoms. The molecule has 0 spiro atoms. The Kier molecular flexibility index (Phi) is 8.70. The highest BCUT2D eigenvalue weighted by atomic mass is 32.2. The van der Waals surface area contributed by atoms with Gasteiger partial charge in [-0.05, 0) is 43.0 Å². The summed E-state index contributed by atoms with van der Waals surface area (Å²) >= 11 is 1.60. The lowest BCUT2D eigenvalue weighted by Gasteiger charge is -2.19. The van der Waals surface area contributed by atoms with Gasteiger partial charge >= 0.3 is 0 Å². The quantitative estimate of drug-likeness (QED) is 0.619. The van der Waals surface area contributed by atoms with Gasteiger partial charge in [-0.2, -0.15) is 11.8 Å². The molecule has 1 aromatic carbocycles. The molecular weight excluding hydrogens is 338 g/mol. The third-order valence-corrected chi connectivity index (χ3v) is 3.94. The first-order valence-electron chi connectivity index (χ1n) is 7.50. The van der Waals surface area contributed by atoms with E-state index in [9.17, 15) is 23.5 Å². The Morgan fingerprint density at radius 1 is 1.21 bits per heavy atom. The molecule has 5 nitrogen and oxygen atoms in total. The van der Waals surface area contributed by atoms with Gasteiger partial charge in [0.05, 0.1) is 19.1 Å². The molecule has 0 fully saturated rings. The van der Waals surface area contributed by atoms with Crippen molar-refractivity contribution in [1.82, 2.24) is 10.6 Å². The van der Waals surface area contributed by atoms with E-state index < -0.39 is 29.5 Å². The van der Waals surface area contributed by atoms with E-state index in [4.69, 9.17) is 0 Å². The molecule has 0 aromatic heterocycles. The zero-order valence-electron chi connectivity index (χ0n) is 13.6. The molecule has 1 aromatic rings. The van der Waals surface area contributed by atoms with E-state index in [1.54, 1.807) is 11.8 Å². The Labute approximate surface area is 144 Å². The highest BCUT2D eigenvalue weighted by molar-refractivity contribution is 7.98. The number of halogens is 2. The molecule has 2 amide bonds. The number of thioether (sulfide) groups is 1. The smallest absolute Gasteiger partial charge is 0.242 e. The molecule has 0 aliphatic carbocycles. The lowest BCUT2D eigenvalue weighted by molar-refractivity contribution is -0.128. The van der Waals surface area contributed by atoms with Gasteiger partial charge in [0.2, 0.25) is 11.8 Å². The molecule has 0 heterocycles. The van der Waals surface area contributed by atoms with E-state index in [1.165, 1.54) is 6.92 Å². The summed E-state index contributed by atoms with van der Waals surface area (Å²) in [5, 5.41) is 14.4. The summed E-state index contributed by atoms with van der Waals surface area (Å²) in [6, 6.07) is 1.66. The summed E-state index contributed by atoms with van der Waals surface area (Å²) < 4.78 is 26.2. The number of amides is 2. The third-order valence-electron chi connectivity index (χ3n) is 3.30. The van der Waals surface area contributed by atoms with Crippen LogP contribution in [0.25, 0.3) is 0 Å². The Hall–Kier alpha value is -1.67. The van der Waals surface area contributed by atoms with Crippen LogP contribution in [0.3, 0.4) is 0 Å². The summed E-state index contributed by atoms with van der Waals surface area (Å²) in [6.45, 7) is 1.32. The fourth-order valence-electron chi connectivity index (χ4n) is 2.05. The number of carbonyl (C=O) groups excluding carboxylic acids is 2. The molecule has 0 aliphatic rings. The second-order valence-corrected chi connectivity index (χ2v) is 6.40. The van der Waals surface area contributed by atoms with Crippen LogP contribution in [-0.2, 0) is 16.0 Å². The van der Waals surface area contributed by atoms with Crippen molar-refractivity contribution in [2.75, 3.05) is 18.6 Å². The molecule has 0 saturated carbocycles. The molecule has 0 aliphatic heterocycles.